The Balaban J connectivity index is 1.66. The highest BCUT2D eigenvalue weighted by atomic mass is 19.1. The van der Waals surface area contributed by atoms with Crippen molar-refractivity contribution in [2.45, 2.75) is 58.5 Å². The Morgan fingerprint density at radius 3 is 2.59 bits per heavy atom. The second kappa shape index (κ2) is 8.99. The van der Waals surface area contributed by atoms with Crippen LogP contribution in [0.3, 0.4) is 0 Å². The molecule has 194 valence electrons. The Morgan fingerprint density at radius 1 is 1.16 bits per heavy atom. The molecule has 1 aliphatic rings. The number of rotatable bonds is 6. The average Bonchev–Trinajstić information content (AvgIpc) is 3.52. The van der Waals surface area contributed by atoms with Gasteiger partial charge in [0, 0.05) is 47.6 Å². The van der Waals surface area contributed by atoms with Crippen LogP contribution in [0, 0.1) is 11.2 Å². The maximum Gasteiger partial charge on any atom is 0.135 e. The summed E-state index contributed by atoms with van der Waals surface area (Å²) < 4.78 is 17.7. The summed E-state index contributed by atoms with van der Waals surface area (Å²) in [4.78, 5) is 4.66. The first-order valence-electron chi connectivity index (χ1n) is 12.7. The van der Waals surface area contributed by atoms with Gasteiger partial charge in [0.1, 0.15) is 11.7 Å². The number of amidine groups is 1. The molecule has 0 saturated heterocycles. The number of nitrogens with two attached hydrogens (primary N) is 2. The van der Waals surface area contributed by atoms with Crippen LogP contribution in [0.1, 0.15) is 51.7 Å². The Kier molecular flexibility index (Phi) is 6.06. The molecule has 1 aromatic carbocycles. The maximum absolute atomic E-state index is 14.1. The van der Waals surface area contributed by atoms with Crippen LogP contribution >= 0.6 is 0 Å². The van der Waals surface area contributed by atoms with Gasteiger partial charge in [-0.15, -0.1) is 0 Å². The molecule has 8 nitrogen and oxygen atoms in total. The van der Waals surface area contributed by atoms with E-state index >= 15 is 0 Å². The lowest BCUT2D eigenvalue weighted by atomic mass is 9.75. The summed E-state index contributed by atoms with van der Waals surface area (Å²) in [6.07, 6.45) is 10.0. The fourth-order valence-electron chi connectivity index (χ4n) is 5.21. The molecule has 0 amide bonds. The Bertz CT molecular complexity index is 1490. The van der Waals surface area contributed by atoms with Gasteiger partial charge in [-0.3, -0.25) is 4.68 Å². The van der Waals surface area contributed by atoms with Gasteiger partial charge < -0.3 is 16.8 Å². The van der Waals surface area contributed by atoms with Crippen molar-refractivity contribution in [3.63, 3.8) is 0 Å². The molecule has 5 rings (SSSR count). The molecule has 0 radical (unpaired) electrons. The summed E-state index contributed by atoms with van der Waals surface area (Å²) in [5.41, 5.74) is 18.6. The molecule has 1 saturated carbocycles. The molecule has 0 unspecified atom stereocenters. The topological polar surface area (TPSA) is 112 Å². The molecule has 1 fully saturated rings. The first-order chi connectivity index (χ1) is 17.5. The van der Waals surface area contributed by atoms with E-state index in [1.807, 2.05) is 37.1 Å². The zero-order chi connectivity index (χ0) is 26.5. The van der Waals surface area contributed by atoms with Crippen LogP contribution in [0.25, 0.3) is 16.6 Å². The van der Waals surface area contributed by atoms with Crippen LogP contribution in [0.2, 0.25) is 0 Å². The average molecular weight is 503 g/mol. The van der Waals surface area contributed by atoms with Crippen molar-refractivity contribution < 1.29 is 4.39 Å². The molecule has 0 aliphatic heterocycles. The van der Waals surface area contributed by atoms with Crippen molar-refractivity contribution >= 4 is 22.7 Å². The van der Waals surface area contributed by atoms with Crippen LogP contribution in [-0.2, 0) is 13.5 Å². The molecule has 1 aliphatic carbocycles. The number of nitrogens with zero attached hydrogens (tertiary/aromatic N) is 5. The molecule has 9 heteroatoms. The lowest BCUT2D eigenvalue weighted by molar-refractivity contribution is 0.215. The predicted molar refractivity (Wildman–Crippen MR) is 147 cm³/mol. The summed E-state index contributed by atoms with van der Waals surface area (Å²) in [7, 11) is 1.89. The monoisotopic (exact) mass is 502 g/mol. The largest absolute Gasteiger partial charge is 0.383 e. The number of fused-ring (bicyclic) bond motifs is 1. The third kappa shape index (κ3) is 4.37. The van der Waals surface area contributed by atoms with E-state index in [-0.39, 0.29) is 28.6 Å². The van der Waals surface area contributed by atoms with Crippen LogP contribution < -0.4 is 16.8 Å². The SMILES string of the molecule is CCc1ccc(F)cc1N=C(N)c1cnn2cc(-c3cnn(C)c3)cc2c1N[C@@H]1CC[C@](C)(N)C1(C)C. The highest BCUT2D eigenvalue weighted by Gasteiger charge is 2.49. The van der Waals surface area contributed by atoms with E-state index in [2.05, 4.69) is 47.3 Å². The van der Waals surface area contributed by atoms with Crippen molar-refractivity contribution in [1.82, 2.24) is 19.4 Å². The first kappa shape index (κ1) is 25.0. The molecule has 2 atom stereocenters. The molecule has 37 heavy (non-hydrogen) atoms. The van der Waals surface area contributed by atoms with E-state index in [9.17, 15) is 4.39 Å². The van der Waals surface area contributed by atoms with Gasteiger partial charge in [0.05, 0.1) is 34.8 Å². The number of hydrogen-bond donors (Lipinski definition) is 3. The lowest BCUT2D eigenvalue weighted by Crippen LogP contribution is -2.51. The molecule has 3 heterocycles. The molecule has 0 spiro atoms. The molecule has 3 aromatic heterocycles. The quantitative estimate of drug-likeness (QED) is 0.259. The lowest BCUT2D eigenvalue weighted by Gasteiger charge is -2.39. The third-order valence-electron chi connectivity index (χ3n) is 8.23. The fourth-order valence-corrected chi connectivity index (χ4v) is 5.21. The molecule has 5 N–H and O–H groups in total. The van der Waals surface area contributed by atoms with E-state index in [0.29, 0.717) is 17.7 Å². The van der Waals surface area contributed by atoms with Gasteiger partial charge >= 0.3 is 0 Å². The molecular formula is C28H35FN8. The fraction of sp³-hybridized carbons (Fsp3) is 0.393. The summed E-state index contributed by atoms with van der Waals surface area (Å²) >= 11 is 0. The smallest absolute Gasteiger partial charge is 0.135 e. The number of anilines is 1. The van der Waals surface area contributed by atoms with Crippen molar-refractivity contribution in [3.8, 4) is 11.1 Å². The van der Waals surface area contributed by atoms with Crippen LogP contribution in [0.15, 0.2) is 54.0 Å². The predicted octanol–water partition coefficient (Wildman–Crippen LogP) is 4.79. The zero-order valence-corrected chi connectivity index (χ0v) is 22.1. The number of aliphatic imine (C=N–C) groups is 1. The summed E-state index contributed by atoms with van der Waals surface area (Å²) in [6, 6.07) is 6.80. The summed E-state index contributed by atoms with van der Waals surface area (Å²) in [6.45, 7) is 8.52. The van der Waals surface area contributed by atoms with E-state index < -0.39 is 0 Å². The number of benzene rings is 1. The molecule has 0 bridgehead atoms. The summed E-state index contributed by atoms with van der Waals surface area (Å²) in [5.74, 6) is -0.0773. The minimum Gasteiger partial charge on any atom is -0.383 e. The summed E-state index contributed by atoms with van der Waals surface area (Å²) in [5, 5.41) is 12.7. The van der Waals surface area contributed by atoms with Crippen LogP contribution in [0.4, 0.5) is 15.8 Å². The van der Waals surface area contributed by atoms with Gasteiger partial charge in [-0.1, -0.05) is 26.8 Å². The van der Waals surface area contributed by atoms with Gasteiger partial charge in [0.25, 0.3) is 0 Å². The zero-order valence-electron chi connectivity index (χ0n) is 22.1. The molecular weight excluding hydrogens is 467 g/mol. The number of aromatic nitrogens is 4. The van der Waals surface area contributed by atoms with Gasteiger partial charge in [-0.2, -0.15) is 10.2 Å². The third-order valence-corrected chi connectivity index (χ3v) is 8.23. The van der Waals surface area contributed by atoms with E-state index in [1.165, 1.54) is 12.1 Å². The van der Waals surface area contributed by atoms with Crippen LogP contribution in [-0.4, -0.2) is 36.8 Å². The second-order valence-corrected chi connectivity index (χ2v) is 10.9. The van der Waals surface area contributed by atoms with Gasteiger partial charge in [0.15, 0.2) is 0 Å². The number of hydrogen-bond acceptors (Lipinski definition) is 5. The number of aryl methyl sites for hydroxylation is 2. The minimum atomic E-state index is -0.349. The maximum atomic E-state index is 14.1. The van der Waals surface area contributed by atoms with E-state index in [0.717, 1.165) is 40.7 Å². The number of nitrogens with one attached hydrogen (secondary N) is 1. The van der Waals surface area contributed by atoms with Crippen molar-refractivity contribution in [1.29, 1.82) is 0 Å². The Hall–Kier alpha value is -3.72. The van der Waals surface area contributed by atoms with E-state index in [4.69, 9.17) is 11.5 Å². The van der Waals surface area contributed by atoms with Gasteiger partial charge in [-0.25, -0.2) is 13.9 Å². The van der Waals surface area contributed by atoms with Crippen molar-refractivity contribution in [3.05, 3.63) is 66.0 Å². The Morgan fingerprint density at radius 2 is 1.95 bits per heavy atom. The van der Waals surface area contributed by atoms with E-state index in [1.54, 1.807) is 16.9 Å². The molecule has 4 aromatic rings. The van der Waals surface area contributed by atoms with Crippen LogP contribution in [0.5, 0.6) is 0 Å². The highest BCUT2D eigenvalue weighted by Crippen LogP contribution is 2.46. The van der Waals surface area contributed by atoms with Gasteiger partial charge in [-0.05, 0) is 49.9 Å². The minimum absolute atomic E-state index is 0.109. The number of halogens is 1. The standard InChI is InChI=1S/C28H35FN8/c1-6-17-7-8-20(29)12-22(17)34-26(30)21-14-33-37-16-18(19-13-32-36(5)15-19)11-23(37)25(21)35-24-9-10-28(4,31)27(24,2)3/h7-8,11-16,24,35H,6,9-10,31H2,1-5H3,(H2,30,34)/t24-,28+/m1/s1. The van der Waals surface area contributed by atoms with Crippen molar-refractivity contribution in [2.75, 3.05) is 5.32 Å². The van der Waals surface area contributed by atoms with Gasteiger partial charge in [0.2, 0.25) is 0 Å². The van der Waals surface area contributed by atoms with Crippen molar-refractivity contribution in [2.24, 2.45) is 28.9 Å². The Labute approximate surface area is 216 Å². The normalized spacial score (nSPS) is 21.6. The highest BCUT2D eigenvalue weighted by molar-refractivity contribution is 6.06. The first-order valence-corrected chi connectivity index (χ1v) is 12.7. The second-order valence-electron chi connectivity index (χ2n) is 10.9.